The number of benzene rings is 2. The molecular weight excluding hydrogens is 300 g/mol. The van der Waals surface area contributed by atoms with Crippen LogP contribution < -0.4 is 5.73 Å². The van der Waals surface area contributed by atoms with Gasteiger partial charge in [-0.1, -0.05) is 0 Å². The van der Waals surface area contributed by atoms with Crippen LogP contribution >= 0.6 is 0 Å². The molecule has 2 aromatic carbocycles. The van der Waals surface area contributed by atoms with E-state index >= 15 is 0 Å². The minimum atomic E-state index is -3.65. The molecule has 0 aliphatic carbocycles. The summed E-state index contributed by atoms with van der Waals surface area (Å²) in [5.74, 6) is 0. The maximum absolute atomic E-state index is 12.3. The van der Waals surface area contributed by atoms with Crippen LogP contribution in [-0.4, -0.2) is 16.8 Å². The van der Waals surface area contributed by atoms with Gasteiger partial charge in [-0.3, -0.25) is 0 Å². The van der Waals surface area contributed by atoms with Crippen LogP contribution in [0.25, 0.3) is 0 Å². The average molecular weight is 310 g/mol. The van der Waals surface area contributed by atoms with Crippen LogP contribution in [0.4, 0.5) is 11.4 Å². The molecule has 0 unspecified atom stereocenters. The zero-order valence-corrected chi connectivity index (χ0v) is 11.7. The quantitative estimate of drug-likeness (QED) is 0.870. The predicted molar refractivity (Wildman–Crippen MR) is 73.8 cm³/mol. The Morgan fingerprint density at radius 2 is 1.30 bits per heavy atom. The summed E-state index contributed by atoms with van der Waals surface area (Å²) in [5, 5.41) is 0. The molecule has 20 heavy (non-hydrogen) atoms. The van der Waals surface area contributed by atoms with Gasteiger partial charge in [-0.25, -0.2) is 8.42 Å². The van der Waals surface area contributed by atoms with Gasteiger partial charge in [0.15, 0.2) is 0 Å². The number of nitrogens with two attached hydrogens (primary N) is 1. The molecule has 0 aliphatic heterocycles. The topological polar surface area (TPSA) is 107 Å². The minimum absolute atomic E-state index is 0.0536. The van der Waals surface area contributed by atoms with Crippen molar-refractivity contribution in [1.29, 1.82) is 0 Å². The molecule has 2 aromatic rings. The second kappa shape index (κ2) is 5.43. The second-order valence-corrected chi connectivity index (χ2v) is 6.44. The van der Waals surface area contributed by atoms with Gasteiger partial charge in [-0.2, -0.15) is 8.42 Å². The molecule has 0 fully saturated rings. The Bertz CT molecular complexity index is 845. The monoisotopic (exact) mass is 310 g/mol. The molecule has 0 heterocycles. The van der Waals surface area contributed by atoms with E-state index in [1.54, 1.807) is 0 Å². The Morgan fingerprint density at radius 3 is 1.75 bits per heavy atom. The minimum Gasteiger partial charge on any atom is -0.399 e. The molecule has 104 valence electrons. The highest BCUT2D eigenvalue weighted by Gasteiger charge is 2.17. The summed E-state index contributed by atoms with van der Waals surface area (Å²) in [6, 6.07) is 11.1. The fourth-order valence-corrected chi connectivity index (χ4v) is 3.11. The third kappa shape index (κ3) is 3.03. The predicted octanol–water partition coefficient (Wildman–Crippen LogP) is 1.80. The third-order valence-electron chi connectivity index (χ3n) is 2.52. The molecule has 0 aliphatic rings. The van der Waals surface area contributed by atoms with E-state index in [9.17, 15) is 16.8 Å². The third-order valence-corrected chi connectivity index (χ3v) is 4.66. The van der Waals surface area contributed by atoms with Crippen molar-refractivity contribution in [2.45, 2.75) is 9.79 Å². The Balaban J connectivity index is 2.45. The summed E-state index contributed by atoms with van der Waals surface area (Å²) in [4.78, 5) is 0.168. The van der Waals surface area contributed by atoms with E-state index in [0.29, 0.717) is 5.69 Å². The van der Waals surface area contributed by atoms with E-state index in [-0.39, 0.29) is 15.5 Å². The molecule has 0 radical (unpaired) electrons. The molecule has 2 N–H and O–H groups in total. The maximum Gasteiger partial charge on any atom is 0.316 e. The van der Waals surface area contributed by atoms with Crippen LogP contribution in [0.5, 0.6) is 0 Å². The van der Waals surface area contributed by atoms with Crippen molar-refractivity contribution in [2.24, 2.45) is 4.36 Å². The standard InChI is InChI=1S/C12H10N2O4S2/c13-9-1-5-11(6-2-9)20(17,18)12-7-3-10(4-8-12)14-19(15)16/h1-8H,13H2. The Morgan fingerprint density at radius 1 is 0.850 bits per heavy atom. The van der Waals surface area contributed by atoms with E-state index < -0.39 is 20.3 Å². The van der Waals surface area contributed by atoms with E-state index in [1.807, 2.05) is 0 Å². The van der Waals surface area contributed by atoms with Crippen molar-refractivity contribution in [3.05, 3.63) is 48.5 Å². The first-order chi connectivity index (χ1) is 9.39. The zero-order valence-electron chi connectivity index (χ0n) is 10.1. The van der Waals surface area contributed by atoms with Crippen molar-refractivity contribution >= 4 is 31.7 Å². The van der Waals surface area contributed by atoms with Gasteiger partial charge in [-0.05, 0) is 48.5 Å². The van der Waals surface area contributed by atoms with Gasteiger partial charge in [0.1, 0.15) is 0 Å². The summed E-state index contributed by atoms with van der Waals surface area (Å²) in [6.45, 7) is 0. The molecule has 8 heteroatoms. The lowest BCUT2D eigenvalue weighted by Gasteiger charge is -2.05. The lowest BCUT2D eigenvalue weighted by atomic mass is 10.3. The van der Waals surface area contributed by atoms with Crippen LogP contribution in [0.15, 0.2) is 62.7 Å². The van der Waals surface area contributed by atoms with Crippen LogP contribution in [0.2, 0.25) is 0 Å². The molecule has 0 amide bonds. The summed E-state index contributed by atoms with van der Waals surface area (Å²) in [5.41, 5.74) is 6.14. The van der Waals surface area contributed by atoms with Gasteiger partial charge in [0.25, 0.3) is 0 Å². The van der Waals surface area contributed by atoms with Crippen LogP contribution in [0.1, 0.15) is 0 Å². The molecule has 0 atom stereocenters. The normalized spacial score (nSPS) is 11.0. The van der Waals surface area contributed by atoms with Crippen molar-refractivity contribution in [3.63, 3.8) is 0 Å². The summed E-state index contributed by atoms with van der Waals surface area (Å²) >= 11 is 0. The molecule has 0 aromatic heterocycles. The van der Waals surface area contributed by atoms with Gasteiger partial charge in [0.05, 0.1) is 15.5 Å². The molecule has 0 bridgehead atoms. The molecule has 2 rings (SSSR count). The van der Waals surface area contributed by atoms with Gasteiger partial charge in [-0.15, -0.1) is 4.36 Å². The number of sulfone groups is 1. The fraction of sp³-hybridized carbons (Fsp3) is 0. The smallest absolute Gasteiger partial charge is 0.316 e. The largest absolute Gasteiger partial charge is 0.399 e. The van der Waals surface area contributed by atoms with Crippen LogP contribution in [-0.2, 0) is 20.3 Å². The number of nitrogens with zero attached hydrogens (tertiary/aromatic N) is 1. The Labute approximate surface area is 117 Å². The lowest BCUT2D eigenvalue weighted by Crippen LogP contribution is -2.01. The number of nitrogen functional groups attached to an aromatic ring is 1. The van der Waals surface area contributed by atoms with E-state index in [4.69, 9.17) is 5.73 Å². The van der Waals surface area contributed by atoms with E-state index in [1.165, 1.54) is 48.5 Å². The van der Waals surface area contributed by atoms with E-state index in [0.717, 1.165) is 0 Å². The van der Waals surface area contributed by atoms with Crippen molar-refractivity contribution in [3.8, 4) is 0 Å². The molecular formula is C12H10N2O4S2. The first kappa shape index (κ1) is 14.2. The molecule has 0 saturated carbocycles. The number of hydrogen-bond acceptors (Lipinski definition) is 6. The average Bonchev–Trinajstić information content (AvgIpc) is 2.39. The van der Waals surface area contributed by atoms with Gasteiger partial charge < -0.3 is 5.73 Å². The van der Waals surface area contributed by atoms with Gasteiger partial charge in [0.2, 0.25) is 9.84 Å². The summed E-state index contributed by atoms with van der Waals surface area (Å²) in [6.07, 6.45) is 0. The highest BCUT2D eigenvalue weighted by atomic mass is 32.2. The Hall–Kier alpha value is -2.19. The van der Waals surface area contributed by atoms with Gasteiger partial charge >= 0.3 is 10.5 Å². The van der Waals surface area contributed by atoms with Gasteiger partial charge in [0, 0.05) is 5.69 Å². The highest BCUT2D eigenvalue weighted by molar-refractivity contribution is 7.91. The van der Waals surface area contributed by atoms with Crippen molar-refractivity contribution in [1.82, 2.24) is 0 Å². The lowest BCUT2D eigenvalue weighted by molar-refractivity contribution is 0.596. The van der Waals surface area contributed by atoms with Crippen molar-refractivity contribution < 1.29 is 16.8 Å². The number of rotatable bonds is 3. The van der Waals surface area contributed by atoms with Crippen LogP contribution in [0.3, 0.4) is 0 Å². The molecule has 0 spiro atoms. The number of hydrogen-bond donors (Lipinski definition) is 1. The summed E-state index contributed by atoms with van der Waals surface area (Å²) in [7, 11) is -6.22. The highest BCUT2D eigenvalue weighted by Crippen LogP contribution is 2.23. The first-order valence-corrected chi connectivity index (χ1v) is 7.93. The zero-order chi connectivity index (χ0) is 14.8. The van der Waals surface area contributed by atoms with E-state index in [2.05, 4.69) is 4.36 Å². The van der Waals surface area contributed by atoms with Crippen molar-refractivity contribution in [2.75, 3.05) is 5.73 Å². The fourth-order valence-electron chi connectivity index (χ4n) is 1.56. The molecule has 0 saturated heterocycles. The number of anilines is 1. The SMILES string of the molecule is Nc1ccc(S(=O)(=O)c2ccc(N=S(=O)=O)cc2)cc1. The summed E-state index contributed by atoms with van der Waals surface area (Å²) < 4.78 is 48.7. The molecule has 6 nitrogen and oxygen atoms in total. The maximum atomic E-state index is 12.3. The Kier molecular flexibility index (Phi) is 3.86. The first-order valence-electron chi connectivity index (χ1n) is 5.41. The van der Waals surface area contributed by atoms with Crippen LogP contribution in [0, 0.1) is 0 Å². The second-order valence-electron chi connectivity index (χ2n) is 3.87.